The summed E-state index contributed by atoms with van der Waals surface area (Å²) in [7, 11) is 0. The summed E-state index contributed by atoms with van der Waals surface area (Å²) in [4.78, 5) is 25.8. The van der Waals surface area contributed by atoms with Crippen molar-refractivity contribution in [2.45, 2.75) is 98.2 Å². The highest BCUT2D eigenvalue weighted by atomic mass is 16.5. The van der Waals surface area contributed by atoms with Crippen molar-refractivity contribution in [3.63, 3.8) is 0 Å². The lowest BCUT2D eigenvalue weighted by Gasteiger charge is -2.71. The number of carbonyl (C=O) groups excluding carboxylic acids is 1. The van der Waals surface area contributed by atoms with Gasteiger partial charge in [-0.2, -0.15) is 0 Å². The molecule has 0 heterocycles. The summed E-state index contributed by atoms with van der Waals surface area (Å²) in [6, 6.07) is 6.51. The van der Waals surface area contributed by atoms with Crippen molar-refractivity contribution in [1.29, 1.82) is 0 Å². The van der Waals surface area contributed by atoms with E-state index < -0.39 is 35.0 Å². The Morgan fingerprint density at radius 2 is 1.70 bits per heavy atom. The molecule has 0 bridgehead atoms. The Balaban J connectivity index is 1.31. The van der Waals surface area contributed by atoms with Crippen LogP contribution in [0.2, 0.25) is 0 Å². The molecule has 0 aliphatic heterocycles. The summed E-state index contributed by atoms with van der Waals surface area (Å²) >= 11 is 0. The summed E-state index contributed by atoms with van der Waals surface area (Å²) in [5.41, 5.74) is 0.766. The molecular formula is C39H52O7. The van der Waals surface area contributed by atoms with Gasteiger partial charge in [0.25, 0.3) is 0 Å². The van der Waals surface area contributed by atoms with Gasteiger partial charge < -0.3 is 25.2 Å². The van der Waals surface area contributed by atoms with Gasteiger partial charge in [0.15, 0.2) is 0 Å². The number of hydrogen-bond acceptors (Lipinski definition) is 6. The van der Waals surface area contributed by atoms with E-state index in [1.54, 1.807) is 30.3 Å². The van der Waals surface area contributed by atoms with Crippen LogP contribution in [0.25, 0.3) is 6.08 Å². The number of phenols is 1. The van der Waals surface area contributed by atoms with E-state index in [0.29, 0.717) is 19.3 Å². The number of allylic oxidation sites excluding steroid dienone is 3. The van der Waals surface area contributed by atoms with Crippen molar-refractivity contribution in [3.8, 4) is 5.75 Å². The SMILES string of the molecule is C=C1[C@H]2C3=CC[C@@H]4[C@@]5(C)C[C@@H](O)[C@H](O)[C@@](C)(COC(=O)C=Cc6ccc(O)cc6)[C@@H]5CC[C@@]4(C)[C@]3(C)CC[C@@]2(C(=O)O)CC[C@H]1C. The molecular weight excluding hydrogens is 580 g/mol. The van der Waals surface area contributed by atoms with Crippen LogP contribution in [0, 0.1) is 50.7 Å². The topological polar surface area (TPSA) is 124 Å². The maximum Gasteiger partial charge on any atom is 0.330 e. The number of ether oxygens (including phenoxy) is 1. The fourth-order valence-corrected chi connectivity index (χ4v) is 11.6. The third-order valence-electron chi connectivity index (χ3n) is 14.5. The number of esters is 1. The lowest BCUT2D eigenvalue weighted by molar-refractivity contribution is -0.244. The largest absolute Gasteiger partial charge is 0.508 e. The van der Waals surface area contributed by atoms with E-state index in [-0.39, 0.29) is 52.3 Å². The van der Waals surface area contributed by atoms with Gasteiger partial charge in [-0.05, 0) is 109 Å². The maximum atomic E-state index is 12.9. The fraction of sp³-hybridized carbons (Fsp3) is 0.641. The number of fused-ring (bicyclic) bond motifs is 7. The second kappa shape index (κ2) is 11.1. The van der Waals surface area contributed by atoms with Gasteiger partial charge in [-0.15, -0.1) is 0 Å². The second-order valence-corrected chi connectivity index (χ2v) is 16.5. The number of phenolic OH excluding ortho intramolecular Hbond substituents is 1. The van der Waals surface area contributed by atoms with Crippen molar-refractivity contribution in [2.24, 2.45) is 50.7 Å². The molecule has 7 nitrogen and oxygen atoms in total. The summed E-state index contributed by atoms with van der Waals surface area (Å²) < 4.78 is 5.80. The average Bonchev–Trinajstić information content (AvgIpc) is 3.00. The van der Waals surface area contributed by atoms with Crippen LogP contribution in [0.4, 0.5) is 0 Å². The number of aliphatic hydroxyl groups is 2. The number of aliphatic hydroxyl groups excluding tert-OH is 2. The number of carboxylic acid groups (broad SMARTS) is 1. The Labute approximate surface area is 273 Å². The van der Waals surface area contributed by atoms with Gasteiger partial charge in [0.1, 0.15) is 5.75 Å². The van der Waals surface area contributed by atoms with E-state index in [4.69, 9.17) is 4.74 Å². The highest BCUT2D eigenvalue weighted by molar-refractivity contribution is 5.87. The highest BCUT2D eigenvalue weighted by Crippen LogP contribution is 2.75. The zero-order chi connectivity index (χ0) is 33.4. The quantitative estimate of drug-likeness (QED) is 0.158. The molecule has 0 unspecified atom stereocenters. The van der Waals surface area contributed by atoms with Crippen LogP contribution in [-0.4, -0.2) is 51.2 Å². The predicted octanol–water partition coefficient (Wildman–Crippen LogP) is 6.92. The Morgan fingerprint density at radius 3 is 2.37 bits per heavy atom. The van der Waals surface area contributed by atoms with Crippen molar-refractivity contribution >= 4 is 18.0 Å². The number of hydrogen-bond donors (Lipinski definition) is 4. The van der Waals surface area contributed by atoms with E-state index in [1.807, 2.05) is 6.92 Å². The molecule has 1 aromatic rings. The molecule has 0 saturated heterocycles. The number of rotatable bonds is 5. The molecule has 5 aliphatic rings. The molecule has 0 aromatic heterocycles. The van der Waals surface area contributed by atoms with Crippen LogP contribution in [0.15, 0.2) is 54.1 Å². The van der Waals surface area contributed by atoms with Crippen molar-refractivity contribution in [1.82, 2.24) is 0 Å². The van der Waals surface area contributed by atoms with E-state index in [9.17, 15) is 30.0 Å². The van der Waals surface area contributed by atoms with Crippen LogP contribution in [0.3, 0.4) is 0 Å². The summed E-state index contributed by atoms with van der Waals surface area (Å²) in [6.45, 7) is 15.7. The standard InChI is InChI=1S/C39H52O7/c1-23-15-18-39(34(44)45)20-19-37(5)27(32(39)24(23)2)12-13-30-35(3)21-28(41)33(43)36(4,29(35)16-17-38(30,37)6)22-46-31(42)14-9-25-7-10-26(40)11-8-25/h7-12,14,23,28-30,32-33,40-41,43H,2,13,15-22H2,1,3-6H3,(H,44,45)/t23-,28-,29-,30-,32+,33+,35+,36+,37-,38-,39+/m1/s1. The monoisotopic (exact) mass is 632 g/mol. The minimum Gasteiger partial charge on any atom is -0.508 e. The van der Waals surface area contributed by atoms with Gasteiger partial charge in [-0.3, -0.25) is 4.79 Å². The molecule has 0 amide bonds. The van der Waals surface area contributed by atoms with Crippen LogP contribution < -0.4 is 0 Å². The molecule has 46 heavy (non-hydrogen) atoms. The van der Waals surface area contributed by atoms with Crippen LogP contribution in [0.5, 0.6) is 5.75 Å². The molecule has 4 saturated carbocycles. The molecule has 4 fully saturated rings. The molecule has 7 heteroatoms. The van der Waals surface area contributed by atoms with E-state index in [1.165, 1.54) is 11.6 Å². The van der Waals surface area contributed by atoms with E-state index >= 15 is 0 Å². The number of carboxylic acids is 1. The second-order valence-electron chi connectivity index (χ2n) is 16.5. The lowest BCUT2D eigenvalue weighted by atomic mass is 9.33. The molecule has 250 valence electrons. The Bertz CT molecular complexity index is 1480. The molecule has 4 N–H and O–H groups in total. The summed E-state index contributed by atoms with van der Waals surface area (Å²) in [5, 5.41) is 43.1. The van der Waals surface area contributed by atoms with Gasteiger partial charge in [0.05, 0.1) is 24.2 Å². The van der Waals surface area contributed by atoms with Crippen molar-refractivity contribution in [3.05, 3.63) is 59.7 Å². The average molecular weight is 633 g/mol. The van der Waals surface area contributed by atoms with Gasteiger partial charge in [-0.1, -0.05) is 70.6 Å². The third kappa shape index (κ3) is 4.58. The third-order valence-corrected chi connectivity index (χ3v) is 14.5. The summed E-state index contributed by atoms with van der Waals surface area (Å²) in [6.07, 6.45) is 9.33. The Hall–Kier alpha value is -2.90. The minimum atomic E-state index is -1.04. The minimum absolute atomic E-state index is 0.00700. The maximum absolute atomic E-state index is 12.9. The van der Waals surface area contributed by atoms with Gasteiger partial charge in [0, 0.05) is 17.4 Å². The molecule has 11 atom stereocenters. The first kappa shape index (κ1) is 33.0. The normalized spacial score (nSPS) is 45.1. The van der Waals surface area contributed by atoms with Gasteiger partial charge in [-0.25, -0.2) is 4.79 Å². The smallest absolute Gasteiger partial charge is 0.330 e. The fourth-order valence-electron chi connectivity index (χ4n) is 11.6. The van der Waals surface area contributed by atoms with Crippen LogP contribution in [0.1, 0.15) is 91.5 Å². The molecule has 5 aliphatic carbocycles. The highest BCUT2D eigenvalue weighted by Gasteiger charge is 2.70. The molecule has 0 radical (unpaired) electrons. The van der Waals surface area contributed by atoms with Crippen molar-refractivity contribution in [2.75, 3.05) is 6.61 Å². The van der Waals surface area contributed by atoms with Crippen LogP contribution in [-0.2, 0) is 14.3 Å². The first-order valence-electron chi connectivity index (χ1n) is 17.2. The predicted molar refractivity (Wildman–Crippen MR) is 176 cm³/mol. The molecule has 0 spiro atoms. The number of benzene rings is 1. The van der Waals surface area contributed by atoms with Crippen molar-refractivity contribution < 1.29 is 34.8 Å². The van der Waals surface area contributed by atoms with Gasteiger partial charge >= 0.3 is 11.9 Å². The Kier molecular flexibility index (Phi) is 7.96. The Morgan fingerprint density at radius 1 is 1.00 bits per heavy atom. The molecule has 6 rings (SSSR count). The molecule has 1 aromatic carbocycles. The van der Waals surface area contributed by atoms with Gasteiger partial charge in [0.2, 0.25) is 0 Å². The first-order valence-corrected chi connectivity index (χ1v) is 17.2. The zero-order valence-electron chi connectivity index (χ0n) is 28.1. The first-order chi connectivity index (χ1) is 21.5. The summed E-state index contributed by atoms with van der Waals surface area (Å²) in [5.74, 6) is -0.728. The van der Waals surface area contributed by atoms with E-state index in [0.717, 1.165) is 43.2 Å². The number of aliphatic carboxylic acids is 1. The van der Waals surface area contributed by atoms with Crippen LogP contribution >= 0.6 is 0 Å². The number of aromatic hydroxyl groups is 1. The zero-order valence-corrected chi connectivity index (χ0v) is 28.1. The van der Waals surface area contributed by atoms with E-state index in [2.05, 4.69) is 40.3 Å². The number of carbonyl (C=O) groups is 2. The lowest BCUT2D eigenvalue weighted by Crippen LogP contribution is -2.68.